The van der Waals surface area contributed by atoms with Crippen LogP contribution in [0.5, 0.6) is 0 Å². The van der Waals surface area contributed by atoms with Crippen LogP contribution >= 0.6 is 0 Å². The first-order chi connectivity index (χ1) is 5.04. The summed E-state index contributed by atoms with van der Waals surface area (Å²) in [4.78, 5) is 9.06. The number of halogens is 1. The topological polar surface area (TPSA) is 69.2 Å². The van der Waals surface area contributed by atoms with E-state index in [0.717, 1.165) is 12.2 Å². The van der Waals surface area contributed by atoms with Gasteiger partial charge in [-0.25, -0.2) is 0 Å². The van der Waals surface area contributed by atoms with Crippen molar-refractivity contribution in [3.05, 3.63) is 34.4 Å². The predicted molar refractivity (Wildman–Crippen MR) is 37.1 cm³/mol. The average molecular weight is 158 g/mol. The molecule has 0 atom stereocenters. The van der Waals surface area contributed by atoms with Crippen molar-refractivity contribution >= 4 is 0 Å². The zero-order valence-corrected chi connectivity index (χ0v) is 5.61. The van der Waals surface area contributed by atoms with Gasteiger partial charge in [0.2, 0.25) is 0 Å². The molecule has 0 saturated heterocycles. The molecule has 0 aliphatic heterocycles. The number of nitrogens with two attached hydrogens (primary N) is 1. The van der Waals surface area contributed by atoms with Gasteiger partial charge in [0.1, 0.15) is 0 Å². The van der Waals surface area contributed by atoms with Crippen molar-refractivity contribution in [1.82, 2.24) is 0 Å². The number of rotatable bonds is 1. The van der Waals surface area contributed by atoms with Crippen LogP contribution in [0, 0.1) is 10.1 Å². The Labute approximate surface area is 62.3 Å². The van der Waals surface area contributed by atoms with E-state index in [1.807, 2.05) is 0 Å². The molecule has 4 nitrogen and oxygen atoms in total. The van der Waals surface area contributed by atoms with Crippen LogP contribution in [0.4, 0.5) is 4.39 Å². The fourth-order valence-corrected chi connectivity index (χ4v) is 0.734. The first-order valence-corrected chi connectivity index (χ1v) is 3.02. The molecule has 0 unspecified atom stereocenters. The Morgan fingerprint density at radius 1 is 1.55 bits per heavy atom. The third-order valence-corrected chi connectivity index (χ3v) is 1.38. The quantitative estimate of drug-likeness (QED) is 0.259. The Bertz CT molecular complexity index is 223. The van der Waals surface area contributed by atoms with Gasteiger partial charge < -0.3 is 5.73 Å². The molecule has 11 heavy (non-hydrogen) atoms. The van der Waals surface area contributed by atoms with E-state index in [-0.39, 0.29) is 0 Å². The Balaban J connectivity index is 2.85. The van der Waals surface area contributed by atoms with Crippen molar-refractivity contribution in [1.29, 1.82) is 0 Å². The van der Waals surface area contributed by atoms with Crippen molar-refractivity contribution in [2.75, 3.05) is 0 Å². The molecular weight excluding hydrogens is 151 g/mol. The Morgan fingerprint density at radius 3 is 2.36 bits per heavy atom. The van der Waals surface area contributed by atoms with Gasteiger partial charge in [-0.05, 0) is 0 Å². The van der Waals surface area contributed by atoms with Gasteiger partial charge in [0.05, 0.1) is 4.92 Å². The molecule has 0 heterocycles. The summed E-state index contributed by atoms with van der Waals surface area (Å²) in [5.74, 6) is -2.56. The van der Waals surface area contributed by atoms with Crippen molar-refractivity contribution in [2.45, 2.75) is 11.8 Å². The average Bonchev–Trinajstić information content (AvgIpc) is 1.95. The van der Waals surface area contributed by atoms with E-state index in [1.54, 1.807) is 0 Å². The summed E-state index contributed by atoms with van der Waals surface area (Å²) in [5, 5.41) is 10.1. The van der Waals surface area contributed by atoms with Crippen LogP contribution in [0.2, 0.25) is 0 Å². The maximum Gasteiger partial charge on any atom is 0.397 e. The third-order valence-electron chi connectivity index (χ3n) is 1.38. The van der Waals surface area contributed by atoms with E-state index < -0.39 is 16.8 Å². The normalized spacial score (nSPS) is 35.6. The highest BCUT2D eigenvalue weighted by Gasteiger charge is 2.38. The van der Waals surface area contributed by atoms with Crippen molar-refractivity contribution < 1.29 is 9.31 Å². The molecule has 1 aliphatic rings. The molecule has 5 heteroatoms. The Kier molecular flexibility index (Phi) is 1.74. The summed E-state index contributed by atoms with van der Waals surface area (Å²) >= 11 is 0. The highest BCUT2D eigenvalue weighted by atomic mass is 19.1. The lowest BCUT2D eigenvalue weighted by Crippen LogP contribution is -2.32. The largest absolute Gasteiger partial charge is 0.397 e. The second-order valence-electron chi connectivity index (χ2n) is 2.28. The summed E-state index contributed by atoms with van der Waals surface area (Å²) in [7, 11) is 0. The van der Waals surface area contributed by atoms with E-state index in [2.05, 4.69) is 0 Å². The zero-order valence-electron chi connectivity index (χ0n) is 5.61. The molecule has 0 fully saturated rings. The van der Waals surface area contributed by atoms with Gasteiger partial charge in [0.15, 0.2) is 0 Å². The highest BCUT2D eigenvalue weighted by Crippen LogP contribution is 2.19. The third kappa shape index (κ3) is 1.43. The first-order valence-electron chi connectivity index (χ1n) is 3.02. The van der Waals surface area contributed by atoms with Gasteiger partial charge in [0.25, 0.3) is 0 Å². The second-order valence-corrected chi connectivity index (χ2v) is 2.28. The van der Waals surface area contributed by atoms with Crippen LogP contribution in [0.1, 0.15) is 0 Å². The number of alkyl halides is 1. The van der Waals surface area contributed by atoms with Crippen LogP contribution in [-0.2, 0) is 0 Å². The second kappa shape index (κ2) is 2.43. The van der Waals surface area contributed by atoms with Crippen LogP contribution in [0.25, 0.3) is 0 Å². The van der Waals surface area contributed by atoms with Crippen molar-refractivity contribution in [3.8, 4) is 0 Å². The van der Waals surface area contributed by atoms with E-state index in [9.17, 15) is 14.5 Å². The van der Waals surface area contributed by atoms with Gasteiger partial charge in [-0.15, -0.1) is 0 Å². The molecule has 60 valence electrons. The van der Waals surface area contributed by atoms with E-state index >= 15 is 0 Å². The van der Waals surface area contributed by atoms with E-state index in [1.165, 1.54) is 12.2 Å². The zero-order chi connectivity index (χ0) is 8.48. The summed E-state index contributed by atoms with van der Waals surface area (Å²) in [6.07, 6.45) is 4.20. The van der Waals surface area contributed by atoms with Gasteiger partial charge in [-0.1, -0.05) is 12.2 Å². The highest BCUT2D eigenvalue weighted by molar-refractivity contribution is 5.20. The van der Waals surface area contributed by atoms with Gasteiger partial charge in [0, 0.05) is 18.2 Å². The molecule has 0 aromatic rings. The lowest BCUT2D eigenvalue weighted by molar-refractivity contribution is -0.573. The predicted octanol–water partition coefficient (Wildman–Crippen LogP) is 0.382. The first kappa shape index (κ1) is 7.87. The van der Waals surface area contributed by atoms with Crippen molar-refractivity contribution in [2.24, 2.45) is 5.73 Å². The molecule has 0 aromatic carbocycles. The maximum absolute atomic E-state index is 12.9. The number of hydrogen-bond donors (Lipinski definition) is 1. The summed E-state index contributed by atoms with van der Waals surface area (Å²) in [5.41, 5.74) is 5.29. The molecule has 1 aliphatic carbocycles. The van der Waals surface area contributed by atoms with Gasteiger partial charge in [-0.3, -0.25) is 10.1 Å². The molecule has 0 aromatic heterocycles. The number of nitrogens with zero attached hydrogens (tertiary/aromatic N) is 1. The fourth-order valence-electron chi connectivity index (χ4n) is 0.734. The number of hydrogen-bond acceptors (Lipinski definition) is 3. The SMILES string of the molecule is NC1C=CC(F)([N+](=O)[O-])C=C1. The lowest BCUT2D eigenvalue weighted by Gasteiger charge is -2.12. The molecule has 0 radical (unpaired) electrons. The van der Waals surface area contributed by atoms with Crippen LogP contribution in [0.15, 0.2) is 24.3 Å². The summed E-state index contributed by atoms with van der Waals surface area (Å²) < 4.78 is 12.9. The number of nitro groups is 1. The molecule has 0 bridgehead atoms. The minimum absolute atomic E-state index is 0.418. The monoisotopic (exact) mass is 158 g/mol. The van der Waals surface area contributed by atoms with Gasteiger partial charge in [-0.2, -0.15) is 4.39 Å². The molecule has 2 N–H and O–H groups in total. The molecule has 0 saturated carbocycles. The summed E-state index contributed by atoms with van der Waals surface area (Å²) in [6, 6.07) is -0.418. The van der Waals surface area contributed by atoms with E-state index in [0.29, 0.717) is 0 Å². The van der Waals surface area contributed by atoms with Gasteiger partial charge >= 0.3 is 5.79 Å². The Morgan fingerprint density at radius 2 is 2.00 bits per heavy atom. The van der Waals surface area contributed by atoms with Crippen LogP contribution < -0.4 is 5.73 Å². The maximum atomic E-state index is 12.9. The van der Waals surface area contributed by atoms with E-state index in [4.69, 9.17) is 5.73 Å². The standard InChI is InChI=1S/C6H7FN2O2/c7-6(9(10)11)3-1-5(8)2-4-6/h1-5H,8H2. The molecule has 1 rings (SSSR count). The Hall–Kier alpha value is -1.23. The van der Waals surface area contributed by atoms with Crippen LogP contribution in [0.3, 0.4) is 0 Å². The summed E-state index contributed by atoms with van der Waals surface area (Å²) in [6.45, 7) is 0. The van der Waals surface area contributed by atoms with Crippen LogP contribution in [-0.4, -0.2) is 16.8 Å². The minimum atomic E-state index is -2.56. The lowest BCUT2D eigenvalue weighted by atomic mass is 10.1. The minimum Gasteiger partial charge on any atom is -0.321 e. The fraction of sp³-hybridized carbons (Fsp3) is 0.333. The molecule has 0 spiro atoms. The molecular formula is C6H7FN2O2. The smallest absolute Gasteiger partial charge is 0.321 e. The van der Waals surface area contributed by atoms with Crippen molar-refractivity contribution in [3.63, 3.8) is 0 Å². The molecule has 0 amide bonds.